The molecule has 0 atom stereocenters. The van der Waals surface area contributed by atoms with Gasteiger partial charge < -0.3 is 5.32 Å². The quantitative estimate of drug-likeness (QED) is 0.630. The van der Waals surface area contributed by atoms with Gasteiger partial charge in [-0.05, 0) is 18.4 Å². The number of allylic oxidation sites excluding steroid dienone is 1. The van der Waals surface area contributed by atoms with E-state index < -0.39 is 0 Å². The summed E-state index contributed by atoms with van der Waals surface area (Å²) in [5.41, 5.74) is 0.973. The summed E-state index contributed by atoms with van der Waals surface area (Å²) in [5.74, 6) is 0.697. The van der Waals surface area contributed by atoms with Gasteiger partial charge in [0.2, 0.25) is 0 Å². The summed E-state index contributed by atoms with van der Waals surface area (Å²) in [4.78, 5) is 12.3. The van der Waals surface area contributed by atoms with Gasteiger partial charge in [-0.15, -0.1) is 11.3 Å². The van der Waals surface area contributed by atoms with Crippen molar-refractivity contribution in [3.8, 4) is 0 Å². The molecule has 2 aromatic rings. The molecule has 0 aliphatic heterocycles. The fourth-order valence-electron chi connectivity index (χ4n) is 1.20. The summed E-state index contributed by atoms with van der Waals surface area (Å²) in [6.07, 6.45) is 3.09. The van der Waals surface area contributed by atoms with Crippen LogP contribution >= 0.6 is 11.3 Å². The predicted octanol–water partition coefficient (Wildman–Crippen LogP) is 2.59. The van der Waals surface area contributed by atoms with Crippen molar-refractivity contribution in [3.63, 3.8) is 0 Å². The van der Waals surface area contributed by atoms with Crippen LogP contribution < -0.4 is 5.32 Å². The van der Waals surface area contributed by atoms with Crippen LogP contribution in [0.25, 0.3) is 0 Å². The number of thiophene rings is 1. The maximum Gasteiger partial charge on any atom is 0.197 e. The van der Waals surface area contributed by atoms with E-state index >= 15 is 0 Å². The number of ketones is 1. The van der Waals surface area contributed by atoms with Crippen molar-refractivity contribution in [2.75, 3.05) is 5.32 Å². The number of aromatic nitrogens is 2. The van der Waals surface area contributed by atoms with E-state index in [1.54, 1.807) is 12.3 Å². The molecule has 0 unspecified atom stereocenters. The Labute approximate surface area is 97.0 Å². The maximum atomic E-state index is 11.6. The number of rotatable bonds is 4. The van der Waals surface area contributed by atoms with Gasteiger partial charge in [0.25, 0.3) is 0 Å². The van der Waals surface area contributed by atoms with Crippen molar-refractivity contribution >= 4 is 22.9 Å². The van der Waals surface area contributed by atoms with Crippen LogP contribution in [0.2, 0.25) is 0 Å². The number of nitrogens with zero attached hydrogens (tertiary/aromatic N) is 1. The first kappa shape index (κ1) is 10.6. The third kappa shape index (κ3) is 2.58. The lowest BCUT2D eigenvalue weighted by Gasteiger charge is -1.92. The molecular formula is C11H11N3OS. The van der Waals surface area contributed by atoms with Gasteiger partial charge in [0, 0.05) is 24.0 Å². The highest BCUT2D eigenvalue weighted by Crippen LogP contribution is 2.10. The van der Waals surface area contributed by atoms with Crippen LogP contribution in [0.4, 0.5) is 5.82 Å². The Bertz CT molecular complexity index is 499. The third-order valence-electron chi connectivity index (χ3n) is 1.94. The van der Waals surface area contributed by atoms with Gasteiger partial charge in [0.1, 0.15) is 0 Å². The first-order valence-corrected chi connectivity index (χ1v) is 5.66. The molecule has 0 bridgehead atoms. The summed E-state index contributed by atoms with van der Waals surface area (Å²) < 4.78 is 0. The predicted molar refractivity (Wildman–Crippen MR) is 64.7 cm³/mol. The SMILES string of the molecule is Cc1cc(NC=CC(=O)c2cccs2)n[nH]1. The average molecular weight is 233 g/mol. The van der Waals surface area contributed by atoms with Crippen LogP contribution in [0.15, 0.2) is 35.9 Å². The Balaban J connectivity index is 1.93. The van der Waals surface area contributed by atoms with Gasteiger partial charge in [-0.1, -0.05) is 6.07 Å². The van der Waals surface area contributed by atoms with Crippen LogP contribution in [-0.4, -0.2) is 16.0 Å². The second-order valence-electron chi connectivity index (χ2n) is 3.26. The maximum absolute atomic E-state index is 11.6. The van der Waals surface area contributed by atoms with Gasteiger partial charge in [0.15, 0.2) is 11.6 Å². The number of anilines is 1. The lowest BCUT2D eigenvalue weighted by atomic mass is 10.3. The molecule has 4 nitrogen and oxygen atoms in total. The second-order valence-corrected chi connectivity index (χ2v) is 4.20. The number of hydrogen-bond donors (Lipinski definition) is 2. The molecule has 2 heterocycles. The van der Waals surface area contributed by atoms with Crippen LogP contribution in [0, 0.1) is 6.92 Å². The smallest absolute Gasteiger partial charge is 0.197 e. The molecule has 5 heteroatoms. The Morgan fingerprint density at radius 2 is 2.50 bits per heavy atom. The molecule has 2 rings (SSSR count). The van der Waals surface area contributed by atoms with E-state index in [0.29, 0.717) is 5.82 Å². The molecule has 82 valence electrons. The van der Waals surface area contributed by atoms with Gasteiger partial charge >= 0.3 is 0 Å². The summed E-state index contributed by atoms with van der Waals surface area (Å²) in [6, 6.07) is 5.52. The molecule has 0 saturated carbocycles. The van der Waals surface area contributed by atoms with Crippen LogP contribution in [0.3, 0.4) is 0 Å². The fourth-order valence-corrected chi connectivity index (χ4v) is 1.84. The summed E-state index contributed by atoms with van der Waals surface area (Å²) >= 11 is 1.43. The monoisotopic (exact) mass is 233 g/mol. The molecule has 0 aromatic carbocycles. The van der Waals surface area contributed by atoms with Crippen molar-refractivity contribution in [2.45, 2.75) is 6.92 Å². The van der Waals surface area contributed by atoms with Crippen LogP contribution in [0.5, 0.6) is 0 Å². The second kappa shape index (κ2) is 4.76. The number of H-pyrrole nitrogens is 1. The van der Waals surface area contributed by atoms with Crippen molar-refractivity contribution in [1.29, 1.82) is 0 Å². The Hall–Kier alpha value is -1.88. The first-order valence-electron chi connectivity index (χ1n) is 4.78. The summed E-state index contributed by atoms with van der Waals surface area (Å²) in [5, 5.41) is 11.6. The van der Waals surface area contributed by atoms with E-state index in [9.17, 15) is 4.79 Å². The lowest BCUT2D eigenvalue weighted by Crippen LogP contribution is -1.93. The normalized spacial score (nSPS) is 10.8. The summed E-state index contributed by atoms with van der Waals surface area (Å²) in [7, 11) is 0. The zero-order valence-electron chi connectivity index (χ0n) is 8.73. The van der Waals surface area contributed by atoms with Crippen molar-refractivity contribution < 1.29 is 4.79 Å². The van der Waals surface area contributed by atoms with Gasteiger partial charge in [-0.3, -0.25) is 9.89 Å². The zero-order chi connectivity index (χ0) is 11.4. The number of aryl methyl sites for hydroxylation is 1. The molecule has 2 N–H and O–H groups in total. The molecule has 0 radical (unpaired) electrons. The molecule has 0 fully saturated rings. The molecule has 0 amide bonds. The highest BCUT2D eigenvalue weighted by molar-refractivity contribution is 7.12. The van der Waals surface area contributed by atoms with E-state index in [4.69, 9.17) is 0 Å². The van der Waals surface area contributed by atoms with Crippen LogP contribution in [0.1, 0.15) is 15.4 Å². The minimum absolute atomic E-state index is 0.00485. The zero-order valence-corrected chi connectivity index (χ0v) is 9.54. The van der Waals surface area contributed by atoms with E-state index in [1.165, 1.54) is 17.4 Å². The highest BCUT2D eigenvalue weighted by atomic mass is 32.1. The lowest BCUT2D eigenvalue weighted by molar-refractivity contribution is 0.105. The van der Waals surface area contributed by atoms with Crippen molar-refractivity contribution in [3.05, 3.63) is 46.4 Å². The fraction of sp³-hybridized carbons (Fsp3) is 0.0909. The Morgan fingerprint density at radius 3 is 3.12 bits per heavy atom. The number of carbonyl (C=O) groups is 1. The molecule has 0 saturated heterocycles. The molecule has 2 aromatic heterocycles. The van der Waals surface area contributed by atoms with Crippen LogP contribution in [-0.2, 0) is 0 Å². The number of nitrogens with one attached hydrogen (secondary N) is 2. The average Bonchev–Trinajstić information content (AvgIpc) is 2.89. The molecular weight excluding hydrogens is 222 g/mol. The van der Waals surface area contributed by atoms with Gasteiger partial charge in [0.05, 0.1) is 4.88 Å². The number of aromatic amines is 1. The topological polar surface area (TPSA) is 57.8 Å². The summed E-state index contributed by atoms with van der Waals surface area (Å²) in [6.45, 7) is 1.92. The molecule has 0 aliphatic rings. The van der Waals surface area contributed by atoms with Crippen molar-refractivity contribution in [2.24, 2.45) is 0 Å². The van der Waals surface area contributed by atoms with E-state index in [-0.39, 0.29) is 5.78 Å². The minimum atomic E-state index is -0.00485. The van der Waals surface area contributed by atoms with E-state index in [0.717, 1.165) is 10.6 Å². The number of carbonyl (C=O) groups excluding carboxylic acids is 1. The van der Waals surface area contributed by atoms with E-state index in [1.807, 2.05) is 24.4 Å². The third-order valence-corrected chi connectivity index (χ3v) is 2.82. The van der Waals surface area contributed by atoms with E-state index in [2.05, 4.69) is 15.5 Å². The minimum Gasteiger partial charge on any atom is -0.345 e. The van der Waals surface area contributed by atoms with Crippen molar-refractivity contribution in [1.82, 2.24) is 10.2 Å². The molecule has 0 spiro atoms. The molecule has 16 heavy (non-hydrogen) atoms. The Morgan fingerprint density at radius 1 is 1.62 bits per heavy atom. The Kier molecular flexibility index (Phi) is 3.16. The van der Waals surface area contributed by atoms with Gasteiger partial charge in [-0.25, -0.2) is 0 Å². The largest absolute Gasteiger partial charge is 0.345 e. The molecule has 0 aliphatic carbocycles. The van der Waals surface area contributed by atoms with Gasteiger partial charge in [-0.2, -0.15) is 5.10 Å². The standard InChI is InChI=1S/C11H11N3OS/c1-8-7-11(14-13-8)12-5-4-9(15)10-3-2-6-16-10/h2-7H,1H3,(H2,12,13,14). The first-order chi connectivity index (χ1) is 7.75. The number of hydrogen-bond acceptors (Lipinski definition) is 4. The highest BCUT2D eigenvalue weighted by Gasteiger charge is 2.01.